The molecule has 18 heavy (non-hydrogen) atoms. The monoisotopic (exact) mass is 245 g/mol. The van der Waals surface area contributed by atoms with Crippen LogP contribution in [0.25, 0.3) is 0 Å². The maximum atomic E-state index is 11.8. The summed E-state index contributed by atoms with van der Waals surface area (Å²) in [7, 11) is 1.86. The molecule has 2 heterocycles. The molecule has 0 saturated heterocycles. The van der Waals surface area contributed by atoms with Gasteiger partial charge in [0.1, 0.15) is 0 Å². The lowest BCUT2D eigenvalue weighted by Crippen LogP contribution is -2.26. The average molecular weight is 245 g/mol. The third-order valence-corrected chi connectivity index (χ3v) is 2.53. The fourth-order valence-electron chi connectivity index (χ4n) is 1.61. The predicted octanol–water partition coefficient (Wildman–Crippen LogP) is 0.370. The second kappa shape index (κ2) is 5.31. The molecule has 0 aliphatic heterocycles. The van der Waals surface area contributed by atoms with Gasteiger partial charge in [-0.2, -0.15) is 5.10 Å². The van der Waals surface area contributed by atoms with Crippen LogP contribution in [0, 0.1) is 0 Å². The number of aromatic nitrogens is 3. The first-order chi connectivity index (χ1) is 8.66. The van der Waals surface area contributed by atoms with Crippen LogP contribution in [0.5, 0.6) is 0 Å². The summed E-state index contributed by atoms with van der Waals surface area (Å²) in [5, 5.41) is 7.03. The first-order valence-electron chi connectivity index (χ1n) is 5.63. The highest BCUT2D eigenvalue weighted by atomic mass is 16.1. The quantitative estimate of drug-likeness (QED) is 0.814. The van der Waals surface area contributed by atoms with Crippen molar-refractivity contribution in [3.8, 4) is 0 Å². The van der Waals surface area contributed by atoms with Crippen LogP contribution in [0.2, 0.25) is 0 Å². The number of nitrogens with zero attached hydrogens (tertiary/aromatic N) is 3. The molecule has 0 aliphatic carbocycles. The summed E-state index contributed by atoms with van der Waals surface area (Å²) in [6.07, 6.45) is 5.58. The molecule has 3 N–H and O–H groups in total. The number of carbonyl (C=O) groups is 1. The SMILES string of the molecule is Cn1ccc(CCNC(=O)c2ccncc2N)n1. The van der Waals surface area contributed by atoms with Crippen LogP contribution in [0.4, 0.5) is 5.69 Å². The lowest BCUT2D eigenvalue weighted by molar-refractivity contribution is 0.0955. The first-order valence-corrected chi connectivity index (χ1v) is 5.63. The van der Waals surface area contributed by atoms with Crippen molar-refractivity contribution in [3.05, 3.63) is 42.0 Å². The van der Waals surface area contributed by atoms with Gasteiger partial charge in [0.25, 0.3) is 5.91 Å². The highest BCUT2D eigenvalue weighted by molar-refractivity contribution is 5.98. The normalized spacial score (nSPS) is 10.3. The maximum absolute atomic E-state index is 11.8. The molecule has 94 valence electrons. The van der Waals surface area contributed by atoms with E-state index in [0.29, 0.717) is 24.2 Å². The number of hydrogen-bond donors (Lipinski definition) is 2. The van der Waals surface area contributed by atoms with Gasteiger partial charge in [-0.1, -0.05) is 0 Å². The topological polar surface area (TPSA) is 85.8 Å². The molecule has 0 spiro atoms. The van der Waals surface area contributed by atoms with Gasteiger partial charge in [-0.15, -0.1) is 0 Å². The van der Waals surface area contributed by atoms with Crippen molar-refractivity contribution in [1.82, 2.24) is 20.1 Å². The van der Waals surface area contributed by atoms with Gasteiger partial charge >= 0.3 is 0 Å². The molecule has 6 heteroatoms. The largest absolute Gasteiger partial charge is 0.397 e. The van der Waals surface area contributed by atoms with Gasteiger partial charge in [0.15, 0.2) is 0 Å². The number of carbonyl (C=O) groups excluding carboxylic acids is 1. The Hall–Kier alpha value is -2.37. The second-order valence-electron chi connectivity index (χ2n) is 3.95. The molecule has 0 radical (unpaired) electrons. The average Bonchev–Trinajstić information content (AvgIpc) is 2.75. The Bertz CT molecular complexity index is 549. The zero-order chi connectivity index (χ0) is 13.0. The minimum absolute atomic E-state index is 0.189. The summed E-state index contributed by atoms with van der Waals surface area (Å²) in [6.45, 7) is 0.525. The van der Waals surface area contributed by atoms with E-state index in [1.807, 2.05) is 19.3 Å². The Balaban J connectivity index is 1.87. The summed E-state index contributed by atoms with van der Waals surface area (Å²) < 4.78 is 1.73. The fraction of sp³-hybridized carbons (Fsp3) is 0.250. The van der Waals surface area contributed by atoms with Crippen molar-refractivity contribution < 1.29 is 4.79 Å². The molecule has 2 aromatic heterocycles. The highest BCUT2D eigenvalue weighted by Gasteiger charge is 2.08. The Morgan fingerprint density at radius 1 is 1.50 bits per heavy atom. The molecule has 0 saturated carbocycles. The molecular weight excluding hydrogens is 230 g/mol. The predicted molar refractivity (Wildman–Crippen MR) is 67.9 cm³/mol. The lowest BCUT2D eigenvalue weighted by atomic mass is 10.2. The first kappa shape index (κ1) is 12.1. The van der Waals surface area contributed by atoms with E-state index in [9.17, 15) is 4.79 Å². The van der Waals surface area contributed by atoms with Crippen molar-refractivity contribution in [1.29, 1.82) is 0 Å². The number of hydrogen-bond acceptors (Lipinski definition) is 4. The number of nitrogen functional groups attached to an aromatic ring is 1. The highest BCUT2D eigenvalue weighted by Crippen LogP contribution is 2.07. The van der Waals surface area contributed by atoms with Crippen molar-refractivity contribution in [2.75, 3.05) is 12.3 Å². The fourth-order valence-corrected chi connectivity index (χ4v) is 1.61. The molecular formula is C12H15N5O. The standard InChI is InChI=1S/C12H15N5O/c1-17-7-4-9(16-17)2-6-15-12(18)10-3-5-14-8-11(10)13/h3-5,7-8H,2,6,13H2,1H3,(H,15,18). The van der Waals surface area contributed by atoms with Crippen LogP contribution in [-0.4, -0.2) is 27.2 Å². The van der Waals surface area contributed by atoms with E-state index >= 15 is 0 Å². The lowest BCUT2D eigenvalue weighted by Gasteiger charge is -2.05. The van der Waals surface area contributed by atoms with Gasteiger partial charge in [0.05, 0.1) is 23.1 Å². The maximum Gasteiger partial charge on any atom is 0.253 e. The van der Waals surface area contributed by atoms with Gasteiger partial charge in [-0.25, -0.2) is 0 Å². The van der Waals surface area contributed by atoms with Crippen molar-refractivity contribution >= 4 is 11.6 Å². The summed E-state index contributed by atoms with van der Waals surface area (Å²) in [6, 6.07) is 3.53. The Morgan fingerprint density at radius 2 is 2.33 bits per heavy atom. The summed E-state index contributed by atoms with van der Waals surface area (Å²) >= 11 is 0. The van der Waals surface area contributed by atoms with Crippen molar-refractivity contribution in [3.63, 3.8) is 0 Å². The number of nitrogens with one attached hydrogen (secondary N) is 1. The Labute approximate surface area is 105 Å². The van der Waals surface area contributed by atoms with Crippen LogP contribution in [0.1, 0.15) is 16.1 Å². The summed E-state index contributed by atoms with van der Waals surface area (Å²) in [5.41, 5.74) is 7.45. The van der Waals surface area contributed by atoms with Crippen LogP contribution in [0.15, 0.2) is 30.7 Å². The van der Waals surface area contributed by atoms with E-state index in [0.717, 1.165) is 5.69 Å². The van der Waals surface area contributed by atoms with E-state index in [1.165, 1.54) is 6.20 Å². The van der Waals surface area contributed by atoms with Gasteiger partial charge < -0.3 is 11.1 Å². The summed E-state index contributed by atoms with van der Waals surface area (Å²) in [4.78, 5) is 15.7. The number of nitrogens with two attached hydrogens (primary N) is 1. The summed E-state index contributed by atoms with van der Waals surface area (Å²) in [5.74, 6) is -0.189. The minimum atomic E-state index is -0.189. The smallest absolute Gasteiger partial charge is 0.253 e. The third kappa shape index (κ3) is 2.85. The molecule has 0 bridgehead atoms. The van der Waals surface area contributed by atoms with Crippen molar-refractivity contribution in [2.45, 2.75) is 6.42 Å². The van der Waals surface area contributed by atoms with Gasteiger partial charge in [0.2, 0.25) is 0 Å². The molecule has 0 aromatic carbocycles. The van der Waals surface area contributed by atoms with Crippen LogP contribution >= 0.6 is 0 Å². The zero-order valence-electron chi connectivity index (χ0n) is 10.1. The van der Waals surface area contributed by atoms with Crippen LogP contribution in [-0.2, 0) is 13.5 Å². The molecule has 0 atom stereocenters. The van der Waals surface area contributed by atoms with Gasteiger partial charge in [-0.05, 0) is 12.1 Å². The van der Waals surface area contributed by atoms with Gasteiger partial charge in [-0.3, -0.25) is 14.5 Å². The number of amides is 1. The number of pyridine rings is 1. The molecule has 0 aliphatic rings. The number of anilines is 1. The molecule has 0 unspecified atom stereocenters. The molecule has 1 amide bonds. The van der Waals surface area contributed by atoms with Crippen LogP contribution in [0.3, 0.4) is 0 Å². The molecule has 6 nitrogen and oxygen atoms in total. The third-order valence-electron chi connectivity index (χ3n) is 2.53. The van der Waals surface area contributed by atoms with E-state index in [4.69, 9.17) is 5.73 Å². The zero-order valence-corrected chi connectivity index (χ0v) is 10.1. The van der Waals surface area contributed by atoms with E-state index in [-0.39, 0.29) is 5.91 Å². The van der Waals surface area contributed by atoms with Gasteiger partial charge in [0, 0.05) is 32.4 Å². The minimum Gasteiger partial charge on any atom is -0.397 e. The molecule has 0 fully saturated rings. The van der Waals surface area contributed by atoms with Crippen LogP contribution < -0.4 is 11.1 Å². The van der Waals surface area contributed by atoms with Crippen molar-refractivity contribution in [2.24, 2.45) is 7.05 Å². The Kier molecular flexibility index (Phi) is 3.57. The Morgan fingerprint density at radius 3 is 3.00 bits per heavy atom. The van der Waals surface area contributed by atoms with E-state index < -0.39 is 0 Å². The second-order valence-corrected chi connectivity index (χ2v) is 3.95. The van der Waals surface area contributed by atoms with E-state index in [2.05, 4.69) is 15.4 Å². The molecule has 2 rings (SSSR count). The molecule has 2 aromatic rings. The number of aryl methyl sites for hydroxylation is 1. The number of rotatable bonds is 4. The van der Waals surface area contributed by atoms with E-state index in [1.54, 1.807) is 16.9 Å².